The summed E-state index contributed by atoms with van der Waals surface area (Å²) in [5, 5.41) is 10.7. The van der Waals surface area contributed by atoms with Crippen LogP contribution in [-0.4, -0.2) is 44.7 Å². The smallest absolute Gasteiger partial charge is 0.251 e. The maximum atomic E-state index is 13.1. The van der Waals surface area contributed by atoms with Gasteiger partial charge < -0.3 is 14.6 Å². The minimum Gasteiger partial charge on any atom is -0.383 e. The molecule has 5 rings (SSSR count). The number of hydrogen-bond acceptors (Lipinski definition) is 4. The zero-order valence-electron chi connectivity index (χ0n) is 17.2. The third-order valence-corrected chi connectivity index (χ3v) is 7.21. The van der Waals surface area contributed by atoms with Crippen molar-refractivity contribution >= 4 is 5.91 Å². The molecule has 6 heteroatoms. The second-order valence-corrected chi connectivity index (χ2v) is 9.24. The van der Waals surface area contributed by atoms with E-state index in [4.69, 9.17) is 0 Å². The fourth-order valence-electron chi connectivity index (χ4n) is 5.68. The highest BCUT2D eigenvalue weighted by Gasteiger charge is 2.39. The lowest BCUT2D eigenvalue weighted by molar-refractivity contribution is -0.146. The molecule has 6 nitrogen and oxygen atoms in total. The molecular weight excluding hydrogens is 378 g/mol. The summed E-state index contributed by atoms with van der Waals surface area (Å²) >= 11 is 0. The Morgan fingerprint density at radius 2 is 1.93 bits per heavy atom. The molecule has 0 radical (unpaired) electrons. The predicted molar refractivity (Wildman–Crippen MR) is 114 cm³/mol. The summed E-state index contributed by atoms with van der Waals surface area (Å²) in [4.78, 5) is 32.0. The van der Waals surface area contributed by atoms with Gasteiger partial charge in [0.05, 0.1) is 0 Å². The second kappa shape index (κ2) is 7.99. The Balaban J connectivity index is 1.40. The Bertz CT molecular complexity index is 981. The summed E-state index contributed by atoms with van der Waals surface area (Å²) in [6.45, 7) is 1.85. The van der Waals surface area contributed by atoms with Gasteiger partial charge in [0.1, 0.15) is 6.10 Å². The Hall–Kier alpha value is -2.47. The quantitative estimate of drug-likeness (QED) is 0.849. The maximum absolute atomic E-state index is 13.1. The van der Waals surface area contributed by atoms with Crippen LogP contribution in [0, 0.1) is 11.8 Å². The number of aliphatic hydroxyl groups is 1. The minimum atomic E-state index is -0.881. The molecule has 0 unspecified atom stereocenters. The normalized spacial score (nSPS) is 24.9. The van der Waals surface area contributed by atoms with Gasteiger partial charge in [0.25, 0.3) is 11.5 Å². The van der Waals surface area contributed by atoms with E-state index in [9.17, 15) is 14.7 Å². The SMILES string of the molecule is O=C([C@H](O)C1CCCCC1)N1C[C@@H]2C[C@H](C1)c1cc(-c3cccnc3)cc(=O)n1C2. The number of aromatic nitrogens is 2. The first-order chi connectivity index (χ1) is 14.6. The van der Waals surface area contributed by atoms with Crippen LogP contribution in [0.25, 0.3) is 11.1 Å². The predicted octanol–water partition coefficient (Wildman–Crippen LogP) is 2.80. The van der Waals surface area contributed by atoms with E-state index in [2.05, 4.69) is 11.1 Å². The average molecular weight is 408 g/mol. The molecular formula is C24H29N3O3. The third kappa shape index (κ3) is 3.58. The molecule has 3 atom stereocenters. The minimum absolute atomic E-state index is 0.0167. The van der Waals surface area contributed by atoms with E-state index < -0.39 is 6.10 Å². The number of fused-ring (bicyclic) bond motifs is 4. The van der Waals surface area contributed by atoms with E-state index in [1.807, 2.05) is 21.6 Å². The van der Waals surface area contributed by atoms with Crippen molar-refractivity contribution in [1.29, 1.82) is 0 Å². The van der Waals surface area contributed by atoms with E-state index in [1.165, 1.54) is 6.42 Å². The van der Waals surface area contributed by atoms with Crippen molar-refractivity contribution in [2.24, 2.45) is 11.8 Å². The van der Waals surface area contributed by atoms with Gasteiger partial charge in [0, 0.05) is 55.3 Å². The molecule has 1 saturated carbocycles. The first-order valence-corrected chi connectivity index (χ1v) is 11.2. The fraction of sp³-hybridized carbons (Fsp3) is 0.542. The van der Waals surface area contributed by atoms with E-state index in [0.717, 1.165) is 48.9 Å². The van der Waals surface area contributed by atoms with Crippen molar-refractivity contribution in [2.75, 3.05) is 13.1 Å². The van der Waals surface area contributed by atoms with Crippen LogP contribution in [0.15, 0.2) is 41.5 Å². The van der Waals surface area contributed by atoms with E-state index in [1.54, 1.807) is 18.5 Å². The lowest BCUT2D eigenvalue weighted by atomic mass is 9.81. The number of amides is 1. The van der Waals surface area contributed by atoms with E-state index in [0.29, 0.717) is 19.6 Å². The molecule has 2 aromatic heterocycles. The summed E-state index contributed by atoms with van der Waals surface area (Å²) in [6, 6.07) is 7.61. The van der Waals surface area contributed by atoms with Crippen molar-refractivity contribution in [3.8, 4) is 11.1 Å². The summed E-state index contributed by atoms with van der Waals surface area (Å²) < 4.78 is 1.89. The van der Waals surface area contributed by atoms with Gasteiger partial charge >= 0.3 is 0 Å². The number of likely N-dealkylation sites (tertiary alicyclic amines) is 1. The molecule has 3 aliphatic rings. The van der Waals surface area contributed by atoms with Crippen LogP contribution in [0.3, 0.4) is 0 Å². The number of pyridine rings is 2. The van der Waals surface area contributed by atoms with Crippen molar-refractivity contribution in [1.82, 2.24) is 14.5 Å². The fourth-order valence-corrected chi connectivity index (χ4v) is 5.68. The molecule has 1 amide bonds. The monoisotopic (exact) mass is 407 g/mol. The molecule has 1 aliphatic carbocycles. The highest BCUT2D eigenvalue weighted by molar-refractivity contribution is 5.81. The van der Waals surface area contributed by atoms with Gasteiger partial charge in [-0.05, 0) is 48.8 Å². The van der Waals surface area contributed by atoms with Crippen LogP contribution in [0.2, 0.25) is 0 Å². The molecule has 2 aromatic rings. The standard InChI is InChI=1S/C24H29N3O3/c28-22-11-19(18-7-4-8-25-12-18)10-21-20-9-16(14-27(21)22)13-26(15-20)24(30)23(29)17-5-2-1-3-6-17/h4,7-8,10-12,16-17,20,23,29H,1-3,5-6,9,13-15H2/t16-,20+,23+/m0/s1. The van der Waals surface area contributed by atoms with Gasteiger partial charge in [0.2, 0.25) is 0 Å². The molecule has 0 spiro atoms. The zero-order valence-corrected chi connectivity index (χ0v) is 17.2. The van der Waals surface area contributed by atoms with Crippen LogP contribution in [0.1, 0.15) is 50.1 Å². The molecule has 158 valence electrons. The van der Waals surface area contributed by atoms with Crippen molar-refractivity contribution < 1.29 is 9.90 Å². The Morgan fingerprint density at radius 3 is 2.70 bits per heavy atom. The Labute approximate surface area is 176 Å². The van der Waals surface area contributed by atoms with E-state index >= 15 is 0 Å². The van der Waals surface area contributed by atoms with Gasteiger partial charge in [-0.1, -0.05) is 25.3 Å². The number of hydrogen-bond donors (Lipinski definition) is 1. The number of rotatable bonds is 3. The average Bonchev–Trinajstić information content (AvgIpc) is 2.79. The number of aliphatic hydroxyl groups excluding tert-OH is 1. The maximum Gasteiger partial charge on any atom is 0.251 e. The highest BCUT2D eigenvalue weighted by atomic mass is 16.3. The summed E-state index contributed by atoms with van der Waals surface area (Å²) in [5.74, 6) is 0.376. The molecule has 2 aliphatic heterocycles. The highest BCUT2D eigenvalue weighted by Crippen LogP contribution is 2.37. The topological polar surface area (TPSA) is 75.4 Å². The summed E-state index contributed by atoms with van der Waals surface area (Å²) in [7, 11) is 0. The first-order valence-electron chi connectivity index (χ1n) is 11.2. The van der Waals surface area contributed by atoms with Crippen LogP contribution in [0.5, 0.6) is 0 Å². The zero-order chi connectivity index (χ0) is 20.7. The second-order valence-electron chi connectivity index (χ2n) is 9.24. The van der Waals surface area contributed by atoms with Crippen LogP contribution in [0.4, 0.5) is 0 Å². The van der Waals surface area contributed by atoms with E-state index in [-0.39, 0.29) is 29.2 Å². The van der Waals surface area contributed by atoms with Crippen molar-refractivity contribution in [3.05, 3.63) is 52.7 Å². The molecule has 1 N–H and O–H groups in total. The summed E-state index contributed by atoms with van der Waals surface area (Å²) in [6.07, 6.45) is 8.90. The van der Waals surface area contributed by atoms with Gasteiger partial charge in [-0.2, -0.15) is 0 Å². The number of nitrogens with zero attached hydrogens (tertiary/aromatic N) is 3. The lowest BCUT2D eigenvalue weighted by Crippen LogP contribution is -2.52. The number of piperidine rings is 1. The van der Waals surface area contributed by atoms with Gasteiger partial charge in [-0.25, -0.2) is 0 Å². The Morgan fingerprint density at radius 1 is 1.10 bits per heavy atom. The van der Waals surface area contributed by atoms with Crippen LogP contribution < -0.4 is 5.56 Å². The number of carbonyl (C=O) groups excluding carboxylic acids is 1. The summed E-state index contributed by atoms with van der Waals surface area (Å²) in [5.41, 5.74) is 2.82. The van der Waals surface area contributed by atoms with Crippen LogP contribution in [-0.2, 0) is 11.3 Å². The molecule has 2 fully saturated rings. The molecule has 2 bridgehead atoms. The molecule has 30 heavy (non-hydrogen) atoms. The molecule has 1 saturated heterocycles. The van der Waals surface area contributed by atoms with Crippen molar-refractivity contribution in [3.63, 3.8) is 0 Å². The van der Waals surface area contributed by atoms with Gasteiger partial charge in [-0.15, -0.1) is 0 Å². The Kier molecular flexibility index (Phi) is 5.19. The van der Waals surface area contributed by atoms with Crippen molar-refractivity contribution in [2.45, 2.75) is 57.1 Å². The van der Waals surface area contributed by atoms with Crippen LogP contribution >= 0.6 is 0 Å². The molecule has 4 heterocycles. The third-order valence-electron chi connectivity index (χ3n) is 7.21. The van der Waals surface area contributed by atoms with Gasteiger partial charge in [0.15, 0.2) is 0 Å². The molecule has 0 aromatic carbocycles. The lowest BCUT2D eigenvalue weighted by Gasteiger charge is -2.44. The first kappa shape index (κ1) is 19.5. The van der Waals surface area contributed by atoms with Gasteiger partial charge in [-0.3, -0.25) is 14.6 Å². The number of carbonyl (C=O) groups is 1. The largest absolute Gasteiger partial charge is 0.383 e.